The van der Waals surface area contributed by atoms with E-state index >= 15 is 0 Å². The van der Waals surface area contributed by atoms with E-state index < -0.39 is 0 Å². The molecule has 0 aromatic heterocycles. The molecular formula is C20H30O3. The summed E-state index contributed by atoms with van der Waals surface area (Å²) in [6.07, 6.45) is 9.27. The maximum absolute atomic E-state index is 11.0. The van der Waals surface area contributed by atoms with Crippen LogP contribution >= 0.6 is 0 Å². The molecule has 3 N–H and O–H groups in total. The van der Waals surface area contributed by atoms with E-state index in [-0.39, 0.29) is 34.9 Å². The van der Waals surface area contributed by atoms with Crippen molar-refractivity contribution < 1.29 is 15.3 Å². The van der Waals surface area contributed by atoms with Gasteiger partial charge in [0.05, 0.1) is 12.2 Å². The van der Waals surface area contributed by atoms with Gasteiger partial charge in [-0.3, -0.25) is 0 Å². The molecule has 4 aliphatic carbocycles. The summed E-state index contributed by atoms with van der Waals surface area (Å²) in [5.41, 5.74) is -0.0185. The van der Waals surface area contributed by atoms with E-state index in [4.69, 9.17) is 0 Å². The van der Waals surface area contributed by atoms with Gasteiger partial charge in [-0.2, -0.15) is 0 Å². The lowest BCUT2D eigenvalue weighted by Crippen LogP contribution is -2.57. The zero-order chi connectivity index (χ0) is 16.6. The Bertz CT molecular complexity index is 567. The van der Waals surface area contributed by atoms with E-state index in [0.717, 1.165) is 25.7 Å². The lowest BCUT2D eigenvalue weighted by atomic mass is 9.46. The van der Waals surface area contributed by atoms with Crippen LogP contribution in [0, 0.1) is 40.4 Å². The van der Waals surface area contributed by atoms with E-state index in [2.05, 4.69) is 26.8 Å². The Morgan fingerprint density at radius 1 is 1.13 bits per heavy atom. The first-order valence-corrected chi connectivity index (χ1v) is 9.23. The first kappa shape index (κ1) is 15.7. The van der Waals surface area contributed by atoms with E-state index in [1.54, 1.807) is 0 Å². The second-order valence-corrected chi connectivity index (χ2v) is 9.19. The number of hydrogen-bond acceptors (Lipinski definition) is 3. The van der Waals surface area contributed by atoms with Gasteiger partial charge >= 0.3 is 0 Å². The minimum Gasteiger partial charge on any atom is -0.508 e. The maximum atomic E-state index is 11.0. The van der Waals surface area contributed by atoms with Gasteiger partial charge < -0.3 is 15.3 Å². The molecule has 3 unspecified atom stereocenters. The van der Waals surface area contributed by atoms with Crippen LogP contribution in [0.15, 0.2) is 24.0 Å². The third kappa shape index (κ3) is 1.96. The smallest absolute Gasteiger partial charge is 0.111 e. The molecule has 0 heterocycles. The van der Waals surface area contributed by atoms with Crippen molar-refractivity contribution >= 4 is 0 Å². The van der Waals surface area contributed by atoms with E-state index in [0.29, 0.717) is 23.5 Å². The Balaban J connectivity index is 1.73. The van der Waals surface area contributed by atoms with Gasteiger partial charge in [0.15, 0.2) is 0 Å². The Hall–Kier alpha value is -0.800. The largest absolute Gasteiger partial charge is 0.508 e. The Labute approximate surface area is 139 Å². The zero-order valence-electron chi connectivity index (χ0n) is 14.4. The zero-order valence-corrected chi connectivity index (χ0v) is 14.4. The molecular weight excluding hydrogens is 288 g/mol. The average Bonchev–Trinajstić information content (AvgIpc) is 2.73. The molecule has 0 amide bonds. The normalized spacial score (nSPS) is 58.1. The van der Waals surface area contributed by atoms with Crippen LogP contribution in [0.25, 0.3) is 0 Å². The second-order valence-electron chi connectivity index (χ2n) is 9.19. The molecule has 0 aliphatic heterocycles. The Morgan fingerprint density at radius 3 is 2.61 bits per heavy atom. The van der Waals surface area contributed by atoms with Crippen LogP contribution in [0.4, 0.5) is 0 Å². The summed E-state index contributed by atoms with van der Waals surface area (Å²) >= 11 is 0. The molecule has 0 bridgehead atoms. The number of allylic oxidation sites excluding steroid dienone is 3. The molecule has 0 saturated heterocycles. The first-order chi connectivity index (χ1) is 10.8. The van der Waals surface area contributed by atoms with Crippen LogP contribution in [-0.4, -0.2) is 27.5 Å². The first-order valence-electron chi connectivity index (χ1n) is 9.23. The highest BCUT2D eigenvalue weighted by molar-refractivity contribution is 5.28. The van der Waals surface area contributed by atoms with Crippen molar-refractivity contribution in [3.63, 3.8) is 0 Å². The minimum absolute atomic E-state index is 0.0221. The Morgan fingerprint density at radius 2 is 1.87 bits per heavy atom. The van der Waals surface area contributed by atoms with E-state index in [9.17, 15) is 15.3 Å². The summed E-state index contributed by atoms with van der Waals surface area (Å²) in [6, 6.07) is 0. The summed E-state index contributed by atoms with van der Waals surface area (Å²) < 4.78 is 0. The predicted molar refractivity (Wildman–Crippen MR) is 89.7 cm³/mol. The number of aliphatic hydroxyl groups is 3. The molecule has 128 valence electrons. The fraction of sp³-hybridized carbons (Fsp3) is 0.800. The maximum Gasteiger partial charge on any atom is 0.111 e. The van der Waals surface area contributed by atoms with Gasteiger partial charge in [0.2, 0.25) is 0 Å². The summed E-state index contributed by atoms with van der Waals surface area (Å²) in [7, 11) is 0. The van der Waals surface area contributed by atoms with Gasteiger partial charge in [-0.05, 0) is 78.3 Å². The summed E-state index contributed by atoms with van der Waals surface area (Å²) in [5, 5.41) is 31.5. The van der Waals surface area contributed by atoms with Crippen molar-refractivity contribution in [2.24, 2.45) is 40.4 Å². The van der Waals surface area contributed by atoms with Gasteiger partial charge in [0.1, 0.15) is 5.76 Å². The molecule has 0 aromatic carbocycles. The molecule has 3 fully saturated rings. The molecule has 0 radical (unpaired) electrons. The standard InChI is InChI=1S/C20H30O3/c1-11-8-15-17-14(5-7-20(15,3)18(11)23)19(2)6-4-13(21)9-12(19)10-16(17)22/h4,6,9,11-12,14-18,21-23H,5,7-8,10H2,1-3H3/t11-,12-,14?,15?,16+,17?,18+,19+,20+/m1/s1. The van der Waals surface area contributed by atoms with E-state index in [1.165, 1.54) is 0 Å². The van der Waals surface area contributed by atoms with Crippen LogP contribution in [0.3, 0.4) is 0 Å². The van der Waals surface area contributed by atoms with Crippen LogP contribution in [0.1, 0.15) is 46.5 Å². The predicted octanol–water partition coefficient (Wildman–Crippen LogP) is 3.43. The van der Waals surface area contributed by atoms with Gasteiger partial charge in [-0.25, -0.2) is 0 Å². The van der Waals surface area contributed by atoms with Crippen molar-refractivity contribution in [2.75, 3.05) is 0 Å². The molecule has 3 nitrogen and oxygen atoms in total. The molecule has 4 aliphatic rings. The third-order valence-corrected chi connectivity index (χ3v) is 8.13. The fourth-order valence-corrected chi connectivity index (χ4v) is 6.77. The quantitative estimate of drug-likeness (QED) is 0.641. The molecule has 0 spiro atoms. The van der Waals surface area contributed by atoms with Crippen LogP contribution < -0.4 is 0 Å². The van der Waals surface area contributed by atoms with Crippen LogP contribution in [0.5, 0.6) is 0 Å². The lowest BCUT2D eigenvalue weighted by Gasteiger charge is -2.59. The van der Waals surface area contributed by atoms with Gasteiger partial charge in [0, 0.05) is 0 Å². The molecule has 23 heavy (non-hydrogen) atoms. The number of fused-ring (bicyclic) bond motifs is 5. The van der Waals surface area contributed by atoms with Crippen LogP contribution in [-0.2, 0) is 0 Å². The van der Waals surface area contributed by atoms with E-state index in [1.807, 2.05) is 12.2 Å². The molecule has 0 aromatic rings. The summed E-state index contributed by atoms with van der Waals surface area (Å²) in [5.74, 6) is 2.00. The van der Waals surface area contributed by atoms with Crippen LogP contribution in [0.2, 0.25) is 0 Å². The van der Waals surface area contributed by atoms with Crippen molar-refractivity contribution in [3.05, 3.63) is 24.0 Å². The molecule has 3 heteroatoms. The van der Waals surface area contributed by atoms with Crippen molar-refractivity contribution in [3.8, 4) is 0 Å². The highest BCUT2D eigenvalue weighted by Crippen LogP contribution is 2.65. The number of rotatable bonds is 0. The molecule has 4 rings (SSSR count). The fourth-order valence-electron chi connectivity index (χ4n) is 6.77. The van der Waals surface area contributed by atoms with Crippen molar-refractivity contribution in [1.82, 2.24) is 0 Å². The van der Waals surface area contributed by atoms with Gasteiger partial charge in [-0.15, -0.1) is 0 Å². The summed E-state index contributed by atoms with van der Waals surface area (Å²) in [4.78, 5) is 0. The Kier molecular flexibility index (Phi) is 3.32. The SMILES string of the molecule is C[C@@H]1CC2C3C(CC[C@]2(C)[C@H]1O)[C@@]1(C)C=CC(O)=C[C@@H]1C[C@@H]3O. The number of aliphatic hydroxyl groups excluding tert-OH is 3. The monoisotopic (exact) mass is 318 g/mol. The number of hydrogen-bond donors (Lipinski definition) is 3. The highest BCUT2D eigenvalue weighted by Gasteiger charge is 2.62. The minimum atomic E-state index is -0.323. The van der Waals surface area contributed by atoms with Crippen molar-refractivity contribution in [1.29, 1.82) is 0 Å². The molecule has 3 saturated carbocycles. The van der Waals surface area contributed by atoms with Crippen molar-refractivity contribution in [2.45, 2.75) is 58.7 Å². The average molecular weight is 318 g/mol. The lowest BCUT2D eigenvalue weighted by molar-refractivity contribution is -0.138. The topological polar surface area (TPSA) is 60.7 Å². The molecule has 9 atom stereocenters. The van der Waals surface area contributed by atoms with Gasteiger partial charge in [0.25, 0.3) is 0 Å². The van der Waals surface area contributed by atoms with Gasteiger partial charge in [-0.1, -0.05) is 26.8 Å². The summed E-state index contributed by atoms with van der Waals surface area (Å²) in [6.45, 7) is 6.70. The second kappa shape index (κ2) is 4.86. The third-order valence-electron chi connectivity index (χ3n) is 8.13. The highest BCUT2D eigenvalue weighted by atomic mass is 16.3.